The van der Waals surface area contributed by atoms with Gasteiger partial charge in [0.25, 0.3) is 5.95 Å². The van der Waals surface area contributed by atoms with E-state index in [9.17, 15) is 13.2 Å². The van der Waals surface area contributed by atoms with Crippen molar-refractivity contribution >= 4 is 33.4 Å². The van der Waals surface area contributed by atoms with Crippen LogP contribution in [0.1, 0.15) is 11.4 Å². The average molecular weight is 481 g/mol. The van der Waals surface area contributed by atoms with Crippen LogP contribution in [-0.4, -0.2) is 70.2 Å². The minimum absolute atomic E-state index is 0.0196. The van der Waals surface area contributed by atoms with Crippen LogP contribution in [0.2, 0.25) is 0 Å². The zero-order valence-electron chi connectivity index (χ0n) is 18.2. The molecule has 3 N–H and O–H groups in total. The van der Waals surface area contributed by atoms with Crippen LogP contribution in [0.25, 0.3) is 5.95 Å². The Bertz CT molecular complexity index is 1250. The molecule has 3 aromatic rings. The summed E-state index contributed by atoms with van der Waals surface area (Å²) in [4.78, 5) is 12.4. The summed E-state index contributed by atoms with van der Waals surface area (Å²) in [6.07, 6.45) is 0. The predicted molar refractivity (Wildman–Crippen MR) is 120 cm³/mol. The van der Waals surface area contributed by atoms with Gasteiger partial charge >= 0.3 is 0 Å². The summed E-state index contributed by atoms with van der Waals surface area (Å²) < 4.78 is 34.1. The summed E-state index contributed by atoms with van der Waals surface area (Å²) in [5.41, 5.74) is 1.97. The standard InChI is InChI=1S/C18H24N8O4S2/c1-11-8-12(2)26(23-11)17-21-22-18(25(17)19)31-10-16(27)20-13-6-7-14(30-5)15(9-13)32(28,29)24(3)4/h6-9H,10,19H2,1-5H3,(H,20,27). The van der Waals surface area contributed by atoms with Crippen molar-refractivity contribution in [2.75, 3.05) is 38.1 Å². The van der Waals surface area contributed by atoms with Gasteiger partial charge < -0.3 is 15.9 Å². The van der Waals surface area contributed by atoms with Gasteiger partial charge in [-0.25, -0.2) is 22.1 Å². The van der Waals surface area contributed by atoms with Gasteiger partial charge in [-0.05, 0) is 38.1 Å². The van der Waals surface area contributed by atoms with Crippen molar-refractivity contribution < 1.29 is 17.9 Å². The van der Waals surface area contributed by atoms with Crippen molar-refractivity contribution in [3.8, 4) is 11.7 Å². The molecule has 14 heteroatoms. The summed E-state index contributed by atoms with van der Waals surface area (Å²) >= 11 is 1.08. The topological polar surface area (TPSA) is 150 Å². The fraction of sp³-hybridized carbons (Fsp3) is 0.333. The Balaban J connectivity index is 1.72. The lowest BCUT2D eigenvalue weighted by Crippen LogP contribution is -2.23. The molecule has 0 unspecified atom stereocenters. The first-order chi connectivity index (χ1) is 15.0. The number of benzene rings is 1. The zero-order chi connectivity index (χ0) is 23.6. The van der Waals surface area contributed by atoms with Crippen LogP contribution in [0, 0.1) is 13.8 Å². The van der Waals surface area contributed by atoms with Crippen molar-refractivity contribution in [1.29, 1.82) is 0 Å². The van der Waals surface area contributed by atoms with Crippen LogP contribution in [-0.2, 0) is 14.8 Å². The molecule has 0 spiro atoms. The van der Waals surface area contributed by atoms with Crippen LogP contribution in [0.5, 0.6) is 5.75 Å². The van der Waals surface area contributed by atoms with Crippen LogP contribution in [0.4, 0.5) is 5.69 Å². The number of rotatable bonds is 8. The Morgan fingerprint density at radius 1 is 1.25 bits per heavy atom. The molecule has 0 radical (unpaired) electrons. The molecule has 1 aromatic carbocycles. The van der Waals surface area contributed by atoms with Crippen molar-refractivity contribution in [3.63, 3.8) is 0 Å². The van der Waals surface area contributed by atoms with Gasteiger partial charge in [-0.15, -0.1) is 10.2 Å². The van der Waals surface area contributed by atoms with E-state index in [4.69, 9.17) is 10.6 Å². The summed E-state index contributed by atoms with van der Waals surface area (Å²) in [5, 5.41) is 15.4. The van der Waals surface area contributed by atoms with Gasteiger partial charge in [0, 0.05) is 25.5 Å². The van der Waals surface area contributed by atoms with Crippen LogP contribution < -0.4 is 15.9 Å². The number of carbonyl (C=O) groups excluding carboxylic acids is 1. The number of methoxy groups -OCH3 is 1. The lowest BCUT2D eigenvalue weighted by Gasteiger charge is -2.16. The molecular formula is C18H24N8O4S2. The second kappa shape index (κ2) is 9.18. The Kier molecular flexibility index (Phi) is 6.76. The molecule has 172 valence electrons. The quantitative estimate of drug-likeness (QED) is 0.352. The maximum atomic E-state index is 12.5. The number of hydrogen-bond donors (Lipinski definition) is 2. The van der Waals surface area contributed by atoms with E-state index in [0.717, 1.165) is 27.5 Å². The number of sulfonamides is 1. The monoisotopic (exact) mass is 480 g/mol. The number of aryl methyl sites for hydroxylation is 2. The molecule has 0 aliphatic rings. The number of hydrogen-bond acceptors (Lipinski definition) is 9. The first-order valence-corrected chi connectivity index (χ1v) is 11.7. The molecular weight excluding hydrogens is 456 g/mol. The summed E-state index contributed by atoms with van der Waals surface area (Å²) in [6.45, 7) is 3.73. The summed E-state index contributed by atoms with van der Waals surface area (Å²) in [6, 6.07) is 6.27. The molecule has 3 rings (SSSR count). The second-order valence-electron chi connectivity index (χ2n) is 6.98. The SMILES string of the molecule is COc1ccc(NC(=O)CSc2nnc(-n3nc(C)cc3C)n2N)cc1S(=O)(=O)N(C)C. The van der Waals surface area contributed by atoms with E-state index >= 15 is 0 Å². The lowest BCUT2D eigenvalue weighted by atomic mass is 10.3. The van der Waals surface area contributed by atoms with Gasteiger partial charge in [0.1, 0.15) is 10.6 Å². The lowest BCUT2D eigenvalue weighted by molar-refractivity contribution is -0.113. The minimum Gasteiger partial charge on any atom is -0.495 e. The Labute approximate surface area is 189 Å². The average Bonchev–Trinajstić information content (AvgIpc) is 3.26. The van der Waals surface area contributed by atoms with Crippen molar-refractivity contribution in [2.45, 2.75) is 23.9 Å². The molecule has 32 heavy (non-hydrogen) atoms. The molecule has 0 bridgehead atoms. The largest absolute Gasteiger partial charge is 0.495 e. The van der Waals surface area contributed by atoms with Crippen LogP contribution in [0.15, 0.2) is 34.3 Å². The van der Waals surface area contributed by atoms with E-state index in [2.05, 4.69) is 20.6 Å². The van der Waals surface area contributed by atoms with E-state index in [1.165, 1.54) is 38.0 Å². The molecule has 1 amide bonds. The fourth-order valence-corrected chi connectivity index (χ4v) is 4.55. The Morgan fingerprint density at radius 2 is 1.97 bits per heavy atom. The highest BCUT2D eigenvalue weighted by Crippen LogP contribution is 2.29. The molecule has 0 saturated carbocycles. The Hall–Kier alpha value is -3.10. The van der Waals surface area contributed by atoms with E-state index in [0.29, 0.717) is 16.8 Å². The molecule has 12 nitrogen and oxygen atoms in total. The number of nitrogens with two attached hydrogens (primary N) is 1. The molecule has 0 atom stereocenters. The number of carbonyl (C=O) groups is 1. The molecule has 0 aliphatic heterocycles. The highest BCUT2D eigenvalue weighted by atomic mass is 32.2. The zero-order valence-corrected chi connectivity index (χ0v) is 19.9. The first-order valence-electron chi connectivity index (χ1n) is 9.32. The maximum absolute atomic E-state index is 12.5. The van der Waals surface area contributed by atoms with Crippen LogP contribution in [0.3, 0.4) is 0 Å². The van der Waals surface area contributed by atoms with Crippen molar-refractivity contribution in [2.24, 2.45) is 0 Å². The van der Waals surface area contributed by atoms with Gasteiger partial charge in [-0.2, -0.15) is 5.10 Å². The molecule has 0 fully saturated rings. The van der Waals surface area contributed by atoms with E-state index in [-0.39, 0.29) is 22.3 Å². The smallest absolute Gasteiger partial charge is 0.271 e. The fourth-order valence-electron chi connectivity index (χ4n) is 2.82. The normalized spacial score (nSPS) is 11.7. The number of aromatic nitrogens is 5. The number of anilines is 1. The molecule has 2 heterocycles. The number of thioether (sulfide) groups is 1. The van der Waals surface area contributed by atoms with Gasteiger partial charge in [0.2, 0.25) is 21.1 Å². The third kappa shape index (κ3) is 4.71. The molecule has 2 aromatic heterocycles. The van der Waals surface area contributed by atoms with Crippen molar-refractivity contribution in [3.05, 3.63) is 35.7 Å². The number of amides is 1. The van der Waals surface area contributed by atoms with Crippen molar-refractivity contribution in [1.82, 2.24) is 29.0 Å². The molecule has 0 aliphatic carbocycles. The van der Waals surface area contributed by atoms with Gasteiger partial charge in [0.05, 0.1) is 18.6 Å². The number of ether oxygens (including phenoxy) is 1. The van der Waals surface area contributed by atoms with E-state index in [1.54, 1.807) is 10.7 Å². The Morgan fingerprint density at radius 3 is 2.56 bits per heavy atom. The highest BCUT2D eigenvalue weighted by Gasteiger charge is 2.23. The predicted octanol–water partition coefficient (Wildman–Crippen LogP) is 0.784. The number of nitrogens with zero attached hydrogens (tertiary/aromatic N) is 6. The first kappa shape index (κ1) is 23.6. The van der Waals surface area contributed by atoms with E-state index in [1.807, 2.05) is 19.9 Å². The molecule has 0 saturated heterocycles. The highest BCUT2D eigenvalue weighted by molar-refractivity contribution is 7.99. The third-order valence-corrected chi connectivity index (χ3v) is 7.16. The summed E-state index contributed by atoms with van der Waals surface area (Å²) in [5.74, 6) is 6.19. The number of nitrogen functional groups attached to an aromatic ring is 1. The summed E-state index contributed by atoms with van der Waals surface area (Å²) in [7, 11) is 0.452. The van der Waals surface area contributed by atoms with Gasteiger partial charge in [-0.1, -0.05) is 11.8 Å². The van der Waals surface area contributed by atoms with E-state index < -0.39 is 10.0 Å². The maximum Gasteiger partial charge on any atom is 0.271 e. The van der Waals surface area contributed by atoms with Gasteiger partial charge in [0.15, 0.2) is 0 Å². The third-order valence-electron chi connectivity index (χ3n) is 4.38. The minimum atomic E-state index is -3.76. The van der Waals surface area contributed by atoms with Crippen LogP contribution >= 0.6 is 11.8 Å². The number of nitrogens with one attached hydrogen (secondary N) is 1. The second-order valence-corrected chi connectivity index (χ2v) is 10.0. The van der Waals surface area contributed by atoms with Gasteiger partial charge in [-0.3, -0.25) is 4.79 Å².